The first-order chi connectivity index (χ1) is 11.8. The molecule has 6 nitrogen and oxygen atoms in total. The van der Waals surface area contributed by atoms with Crippen LogP contribution < -0.4 is 14.9 Å². The van der Waals surface area contributed by atoms with E-state index in [1.165, 1.54) is 11.3 Å². The number of para-hydroxylation sites is 1. The molecule has 120 valence electrons. The fourth-order valence-electron chi connectivity index (χ4n) is 2.29. The van der Waals surface area contributed by atoms with Crippen LogP contribution in [0, 0.1) is 0 Å². The third-order valence-corrected chi connectivity index (χ3v) is 4.38. The number of hydrogen-bond acceptors (Lipinski definition) is 7. The molecule has 0 saturated carbocycles. The highest BCUT2D eigenvalue weighted by Gasteiger charge is 2.12. The van der Waals surface area contributed by atoms with Crippen LogP contribution >= 0.6 is 11.3 Å². The topological polar surface area (TPSA) is 76.0 Å². The van der Waals surface area contributed by atoms with Crippen molar-refractivity contribution in [3.05, 3.63) is 54.2 Å². The summed E-state index contributed by atoms with van der Waals surface area (Å²) >= 11 is 1.41. The Balaban J connectivity index is 1.46. The number of hydrazone groups is 1. The first kappa shape index (κ1) is 14.5. The molecule has 0 bridgehead atoms. The summed E-state index contributed by atoms with van der Waals surface area (Å²) in [6.07, 6.45) is 3.39. The van der Waals surface area contributed by atoms with Gasteiger partial charge in [0.25, 0.3) is 0 Å². The van der Waals surface area contributed by atoms with E-state index in [0.29, 0.717) is 5.13 Å². The monoisotopic (exact) mass is 339 g/mol. The lowest BCUT2D eigenvalue weighted by molar-refractivity contribution is 0.174. The van der Waals surface area contributed by atoms with Gasteiger partial charge in [0.05, 0.1) is 11.1 Å². The number of nitrogens with one attached hydrogen (secondary N) is 1. The molecule has 1 aliphatic rings. The van der Waals surface area contributed by atoms with Crippen LogP contribution in [-0.2, 0) is 0 Å². The number of ether oxygens (including phenoxy) is 2. The van der Waals surface area contributed by atoms with E-state index in [0.717, 1.165) is 27.5 Å². The van der Waals surface area contributed by atoms with Gasteiger partial charge in [0.15, 0.2) is 11.5 Å². The predicted molar refractivity (Wildman–Crippen MR) is 93.0 cm³/mol. The third-order valence-electron chi connectivity index (χ3n) is 3.45. The molecule has 0 unspecified atom stereocenters. The van der Waals surface area contributed by atoms with Gasteiger partial charge in [0.2, 0.25) is 11.9 Å². The summed E-state index contributed by atoms with van der Waals surface area (Å²) in [5.41, 5.74) is 4.54. The van der Waals surface area contributed by atoms with Crippen molar-refractivity contribution in [2.24, 2.45) is 5.10 Å². The smallest absolute Gasteiger partial charge is 0.231 e. The second-order valence-electron chi connectivity index (χ2n) is 5.03. The van der Waals surface area contributed by atoms with Gasteiger partial charge in [-0.2, -0.15) is 5.10 Å². The molecule has 2 aromatic carbocycles. The number of aromatic nitrogens is 1. The number of thiazole rings is 1. The molecular formula is C17H13N3O3S. The summed E-state index contributed by atoms with van der Waals surface area (Å²) in [5.74, 6) is 1.69. The molecule has 24 heavy (non-hydrogen) atoms. The summed E-state index contributed by atoms with van der Waals surface area (Å²) in [7, 11) is 0. The Morgan fingerprint density at radius 2 is 2.04 bits per heavy atom. The normalized spacial score (nSPS) is 12.7. The van der Waals surface area contributed by atoms with Gasteiger partial charge in [-0.3, -0.25) is 5.43 Å². The minimum Gasteiger partial charge on any atom is -0.507 e. The highest BCUT2D eigenvalue weighted by atomic mass is 32.1. The van der Waals surface area contributed by atoms with Crippen molar-refractivity contribution >= 4 is 22.7 Å². The maximum absolute atomic E-state index is 9.88. The van der Waals surface area contributed by atoms with E-state index < -0.39 is 0 Å². The van der Waals surface area contributed by atoms with Gasteiger partial charge in [-0.15, -0.1) is 0 Å². The molecule has 0 fully saturated rings. The molecule has 4 rings (SSSR count). The highest BCUT2D eigenvalue weighted by molar-refractivity contribution is 7.18. The Hall–Kier alpha value is -3.06. The van der Waals surface area contributed by atoms with Crippen molar-refractivity contribution in [1.29, 1.82) is 0 Å². The van der Waals surface area contributed by atoms with E-state index in [9.17, 15) is 5.11 Å². The van der Waals surface area contributed by atoms with Gasteiger partial charge in [-0.25, -0.2) is 4.98 Å². The quantitative estimate of drug-likeness (QED) is 0.560. The number of phenols is 1. The predicted octanol–water partition coefficient (Wildman–Crippen LogP) is 3.69. The summed E-state index contributed by atoms with van der Waals surface area (Å²) < 4.78 is 10.6. The molecule has 1 aromatic heterocycles. The summed E-state index contributed by atoms with van der Waals surface area (Å²) in [4.78, 5) is 5.13. The van der Waals surface area contributed by atoms with Crippen molar-refractivity contribution in [1.82, 2.24) is 4.98 Å². The fraction of sp³-hybridized carbons (Fsp3) is 0.0588. The van der Waals surface area contributed by atoms with Gasteiger partial charge in [0.1, 0.15) is 5.75 Å². The average molecular weight is 339 g/mol. The van der Waals surface area contributed by atoms with Crippen molar-refractivity contribution in [2.75, 3.05) is 12.2 Å². The molecular weight excluding hydrogens is 326 g/mol. The maximum Gasteiger partial charge on any atom is 0.231 e. The Morgan fingerprint density at radius 1 is 1.17 bits per heavy atom. The number of aromatic hydroxyl groups is 1. The molecule has 3 aromatic rings. The second-order valence-corrected chi connectivity index (χ2v) is 6.06. The zero-order chi connectivity index (χ0) is 16.4. The molecule has 0 aliphatic carbocycles. The minimum atomic E-state index is 0.233. The van der Waals surface area contributed by atoms with E-state index in [1.54, 1.807) is 24.5 Å². The van der Waals surface area contributed by atoms with E-state index >= 15 is 0 Å². The summed E-state index contributed by atoms with van der Waals surface area (Å²) in [6.45, 7) is 0.252. The van der Waals surface area contributed by atoms with Crippen molar-refractivity contribution < 1.29 is 14.6 Å². The van der Waals surface area contributed by atoms with Gasteiger partial charge < -0.3 is 14.6 Å². The first-order valence-electron chi connectivity index (χ1n) is 7.22. The average Bonchev–Trinajstić information content (AvgIpc) is 3.24. The van der Waals surface area contributed by atoms with E-state index in [-0.39, 0.29) is 12.5 Å². The van der Waals surface area contributed by atoms with Crippen LogP contribution in [0.3, 0.4) is 0 Å². The summed E-state index contributed by atoms with van der Waals surface area (Å²) in [6, 6.07) is 12.8. The van der Waals surface area contributed by atoms with Crippen LogP contribution in [0.15, 0.2) is 53.8 Å². The molecule has 2 N–H and O–H groups in total. The molecule has 0 saturated heterocycles. The molecule has 2 heterocycles. The SMILES string of the molecule is Oc1ccccc1-c1cnc(N/N=C\c2ccc3c(c2)OCO3)s1. The Morgan fingerprint density at radius 3 is 2.96 bits per heavy atom. The largest absolute Gasteiger partial charge is 0.507 e. The van der Waals surface area contributed by atoms with Gasteiger partial charge in [-0.05, 0) is 35.9 Å². The first-order valence-corrected chi connectivity index (χ1v) is 8.04. The van der Waals surface area contributed by atoms with Crippen LogP contribution in [0.5, 0.6) is 17.2 Å². The van der Waals surface area contributed by atoms with Crippen molar-refractivity contribution in [2.45, 2.75) is 0 Å². The Kier molecular flexibility index (Phi) is 3.76. The molecule has 0 amide bonds. The molecule has 0 atom stereocenters. The second kappa shape index (κ2) is 6.21. The van der Waals surface area contributed by atoms with Crippen molar-refractivity contribution in [3.8, 4) is 27.7 Å². The zero-order valence-electron chi connectivity index (χ0n) is 12.5. The van der Waals surface area contributed by atoms with Gasteiger partial charge in [-0.1, -0.05) is 23.5 Å². The molecule has 0 spiro atoms. The molecule has 1 aliphatic heterocycles. The number of nitrogens with zero attached hydrogens (tertiary/aromatic N) is 2. The lowest BCUT2D eigenvalue weighted by Gasteiger charge is -1.99. The van der Waals surface area contributed by atoms with Crippen LogP contribution in [0.2, 0.25) is 0 Å². The lowest BCUT2D eigenvalue weighted by atomic mass is 10.2. The van der Waals surface area contributed by atoms with Crippen molar-refractivity contribution in [3.63, 3.8) is 0 Å². The number of rotatable bonds is 4. The maximum atomic E-state index is 9.88. The lowest BCUT2D eigenvalue weighted by Crippen LogP contribution is -1.93. The number of benzene rings is 2. The zero-order valence-corrected chi connectivity index (χ0v) is 13.3. The number of fused-ring (bicyclic) bond motifs is 1. The minimum absolute atomic E-state index is 0.233. The van der Waals surface area contributed by atoms with Crippen LogP contribution in [0.1, 0.15) is 5.56 Å². The van der Waals surface area contributed by atoms with Crippen LogP contribution in [-0.4, -0.2) is 23.1 Å². The van der Waals surface area contributed by atoms with Gasteiger partial charge >= 0.3 is 0 Å². The standard InChI is InChI=1S/C17H13N3O3S/c21-13-4-2-1-3-12(13)16-9-18-17(24-16)20-19-8-11-5-6-14-15(7-11)23-10-22-14/h1-9,21H,10H2,(H,18,20)/b19-8-. The van der Waals surface area contributed by atoms with Crippen LogP contribution in [0.4, 0.5) is 5.13 Å². The summed E-state index contributed by atoms with van der Waals surface area (Å²) in [5, 5.41) is 14.7. The Bertz CT molecular complexity index is 908. The highest BCUT2D eigenvalue weighted by Crippen LogP contribution is 2.34. The third kappa shape index (κ3) is 2.89. The number of phenolic OH excluding ortho intramolecular Hbond substituents is 1. The Labute approximate surface area is 142 Å². The van der Waals surface area contributed by atoms with Crippen LogP contribution in [0.25, 0.3) is 10.4 Å². The van der Waals surface area contributed by atoms with E-state index in [1.807, 2.05) is 30.3 Å². The fourth-order valence-corrected chi connectivity index (χ4v) is 3.09. The molecule has 7 heteroatoms. The number of anilines is 1. The van der Waals surface area contributed by atoms with E-state index in [2.05, 4.69) is 15.5 Å². The van der Waals surface area contributed by atoms with E-state index in [4.69, 9.17) is 9.47 Å². The molecule has 0 radical (unpaired) electrons. The van der Waals surface area contributed by atoms with Gasteiger partial charge in [0, 0.05) is 11.8 Å². The number of hydrogen-bond donors (Lipinski definition) is 2.